The zero-order valence-electron chi connectivity index (χ0n) is 13.1. The lowest BCUT2D eigenvalue weighted by Crippen LogP contribution is -2.36. The summed E-state index contributed by atoms with van der Waals surface area (Å²) in [6.07, 6.45) is 0.882. The molecule has 0 aliphatic heterocycles. The van der Waals surface area contributed by atoms with Crippen molar-refractivity contribution < 1.29 is 4.79 Å². The Hall–Kier alpha value is -0.570. The van der Waals surface area contributed by atoms with E-state index in [0.29, 0.717) is 5.92 Å². The average Bonchev–Trinajstić information content (AvgIpc) is 2.64. The second-order valence-corrected chi connectivity index (χ2v) is 7.33. The van der Waals surface area contributed by atoms with Crippen molar-refractivity contribution in [2.75, 3.05) is 13.6 Å². The molecule has 1 saturated carbocycles. The van der Waals surface area contributed by atoms with Crippen LogP contribution >= 0.6 is 0 Å². The van der Waals surface area contributed by atoms with Gasteiger partial charge in [-0.3, -0.25) is 4.79 Å². The Labute approximate surface area is 112 Å². The first kappa shape index (κ1) is 15.5. The van der Waals surface area contributed by atoms with E-state index in [1.54, 1.807) is 0 Å². The smallest absolute Gasteiger partial charge is 0.226 e. The normalized spacial score (nSPS) is 22.9. The Bertz CT molecular complexity index is 306. The molecule has 3 heteroatoms. The van der Waals surface area contributed by atoms with E-state index >= 15 is 0 Å². The lowest BCUT2D eigenvalue weighted by Gasteiger charge is -2.22. The summed E-state index contributed by atoms with van der Waals surface area (Å²) in [5.74, 6) is 0.911. The summed E-state index contributed by atoms with van der Waals surface area (Å²) in [6, 6.07) is 0.181. The molecule has 0 aromatic carbocycles. The highest BCUT2D eigenvalue weighted by Gasteiger charge is 2.68. The Balaban J connectivity index is 2.50. The van der Waals surface area contributed by atoms with Crippen LogP contribution in [-0.2, 0) is 4.79 Å². The van der Waals surface area contributed by atoms with Crippen molar-refractivity contribution in [2.24, 2.45) is 28.4 Å². The maximum atomic E-state index is 12.4. The highest BCUT2D eigenvalue weighted by Crippen LogP contribution is 2.68. The molecule has 1 unspecified atom stereocenters. The van der Waals surface area contributed by atoms with Gasteiger partial charge in [0.1, 0.15) is 0 Å². The molecule has 2 N–H and O–H groups in total. The van der Waals surface area contributed by atoms with E-state index in [4.69, 9.17) is 5.73 Å². The molecule has 1 aliphatic rings. The quantitative estimate of drug-likeness (QED) is 0.819. The van der Waals surface area contributed by atoms with Gasteiger partial charge in [-0.1, -0.05) is 41.5 Å². The van der Waals surface area contributed by atoms with Crippen LogP contribution in [0.1, 0.15) is 48.0 Å². The van der Waals surface area contributed by atoms with Crippen molar-refractivity contribution in [3.63, 3.8) is 0 Å². The van der Waals surface area contributed by atoms with Gasteiger partial charge in [0, 0.05) is 25.6 Å². The molecular formula is C15H30N2O. The minimum absolute atomic E-state index is 0.124. The van der Waals surface area contributed by atoms with E-state index in [-0.39, 0.29) is 28.7 Å². The van der Waals surface area contributed by atoms with Gasteiger partial charge in [-0.25, -0.2) is 0 Å². The molecule has 0 bridgehead atoms. The van der Waals surface area contributed by atoms with Gasteiger partial charge >= 0.3 is 0 Å². The molecule has 0 heterocycles. The molecule has 0 aromatic rings. The predicted molar refractivity (Wildman–Crippen MR) is 76.1 cm³/mol. The fraction of sp³-hybridized carbons (Fsp3) is 0.933. The average molecular weight is 254 g/mol. The minimum atomic E-state index is 0.124. The van der Waals surface area contributed by atoms with Gasteiger partial charge in [-0.05, 0) is 23.2 Å². The summed E-state index contributed by atoms with van der Waals surface area (Å²) < 4.78 is 0. The maximum absolute atomic E-state index is 12.4. The number of rotatable bonds is 5. The third kappa shape index (κ3) is 2.56. The van der Waals surface area contributed by atoms with Gasteiger partial charge in [0.05, 0.1) is 0 Å². The van der Waals surface area contributed by atoms with Crippen LogP contribution in [0.2, 0.25) is 0 Å². The van der Waals surface area contributed by atoms with E-state index < -0.39 is 0 Å². The number of amides is 1. The molecule has 106 valence electrons. The first-order valence-corrected chi connectivity index (χ1v) is 7.04. The van der Waals surface area contributed by atoms with Gasteiger partial charge < -0.3 is 10.6 Å². The predicted octanol–water partition coefficient (Wildman–Crippen LogP) is 2.50. The van der Waals surface area contributed by atoms with Gasteiger partial charge in [0.25, 0.3) is 0 Å². The van der Waals surface area contributed by atoms with E-state index in [9.17, 15) is 4.79 Å². The van der Waals surface area contributed by atoms with Crippen LogP contribution in [-0.4, -0.2) is 30.4 Å². The Kier molecular flexibility index (Phi) is 4.16. The molecule has 3 nitrogen and oxygen atoms in total. The molecule has 1 atom stereocenters. The fourth-order valence-electron chi connectivity index (χ4n) is 2.82. The molecule has 18 heavy (non-hydrogen) atoms. The number of nitrogens with two attached hydrogens (primary N) is 1. The van der Waals surface area contributed by atoms with Crippen molar-refractivity contribution >= 4 is 5.91 Å². The van der Waals surface area contributed by atoms with Gasteiger partial charge in [0.2, 0.25) is 5.91 Å². The zero-order valence-corrected chi connectivity index (χ0v) is 13.1. The maximum Gasteiger partial charge on any atom is 0.226 e. The van der Waals surface area contributed by atoms with Crippen molar-refractivity contribution in [3.8, 4) is 0 Å². The summed E-state index contributed by atoms with van der Waals surface area (Å²) in [5.41, 5.74) is 6.27. The number of hydrogen-bond acceptors (Lipinski definition) is 2. The molecule has 0 aromatic heterocycles. The second-order valence-electron chi connectivity index (χ2n) is 7.33. The lowest BCUT2D eigenvalue weighted by atomic mass is 10.0. The van der Waals surface area contributed by atoms with Crippen LogP contribution in [0.4, 0.5) is 0 Å². The molecule has 1 fully saturated rings. The summed E-state index contributed by atoms with van der Waals surface area (Å²) in [5, 5.41) is 0. The van der Waals surface area contributed by atoms with Crippen molar-refractivity contribution in [3.05, 3.63) is 0 Å². The van der Waals surface area contributed by atoms with Crippen LogP contribution in [0.15, 0.2) is 0 Å². The standard InChI is InChI=1S/C15H30N2O/c1-10(2)11(16)8-9-17(7)13(18)12-14(3,4)15(12,5)6/h10-12H,8-9,16H2,1-7H3. The van der Waals surface area contributed by atoms with E-state index in [1.165, 1.54) is 0 Å². The van der Waals surface area contributed by atoms with Gasteiger partial charge in [-0.2, -0.15) is 0 Å². The van der Waals surface area contributed by atoms with E-state index in [1.807, 2.05) is 11.9 Å². The summed E-state index contributed by atoms with van der Waals surface area (Å²) in [7, 11) is 1.90. The SMILES string of the molecule is CC(C)C(N)CCN(C)C(=O)C1C(C)(C)C1(C)C. The Morgan fingerprint density at radius 3 is 2.00 bits per heavy atom. The van der Waals surface area contributed by atoms with Crippen molar-refractivity contribution in [1.82, 2.24) is 4.90 Å². The highest BCUT2D eigenvalue weighted by atomic mass is 16.2. The van der Waals surface area contributed by atoms with Crippen LogP contribution < -0.4 is 5.73 Å². The minimum Gasteiger partial charge on any atom is -0.345 e. The third-order valence-corrected chi connectivity index (χ3v) is 5.30. The fourth-order valence-corrected chi connectivity index (χ4v) is 2.82. The van der Waals surface area contributed by atoms with Crippen molar-refractivity contribution in [1.29, 1.82) is 0 Å². The van der Waals surface area contributed by atoms with Crippen LogP contribution in [0.5, 0.6) is 0 Å². The van der Waals surface area contributed by atoms with Crippen LogP contribution in [0.3, 0.4) is 0 Å². The third-order valence-electron chi connectivity index (χ3n) is 5.30. The highest BCUT2D eigenvalue weighted by molar-refractivity contribution is 5.84. The number of carbonyl (C=O) groups is 1. The first-order valence-electron chi connectivity index (χ1n) is 7.04. The largest absolute Gasteiger partial charge is 0.345 e. The second kappa shape index (κ2) is 4.84. The number of carbonyl (C=O) groups excluding carboxylic acids is 1. The van der Waals surface area contributed by atoms with Crippen LogP contribution in [0, 0.1) is 22.7 Å². The molecule has 0 radical (unpaired) electrons. The molecule has 1 aliphatic carbocycles. The summed E-state index contributed by atoms with van der Waals surface area (Å²) >= 11 is 0. The zero-order chi connectivity index (χ0) is 14.3. The molecule has 1 rings (SSSR count). The molecule has 0 saturated heterocycles. The molecular weight excluding hydrogens is 224 g/mol. The van der Waals surface area contributed by atoms with Gasteiger partial charge in [-0.15, -0.1) is 0 Å². The Morgan fingerprint density at radius 2 is 1.67 bits per heavy atom. The lowest BCUT2D eigenvalue weighted by molar-refractivity contribution is -0.132. The monoisotopic (exact) mass is 254 g/mol. The topological polar surface area (TPSA) is 46.3 Å². The van der Waals surface area contributed by atoms with E-state index in [2.05, 4.69) is 41.5 Å². The van der Waals surface area contributed by atoms with Crippen LogP contribution in [0.25, 0.3) is 0 Å². The first-order chi connectivity index (χ1) is 8.03. The number of nitrogens with zero attached hydrogens (tertiary/aromatic N) is 1. The Morgan fingerprint density at radius 1 is 1.22 bits per heavy atom. The van der Waals surface area contributed by atoms with Gasteiger partial charge in [0.15, 0.2) is 0 Å². The van der Waals surface area contributed by atoms with Crippen molar-refractivity contribution in [2.45, 2.75) is 54.0 Å². The summed E-state index contributed by atoms with van der Waals surface area (Å²) in [6.45, 7) is 13.7. The molecule has 1 amide bonds. The molecule has 0 spiro atoms. The van der Waals surface area contributed by atoms with E-state index in [0.717, 1.165) is 13.0 Å². The summed E-state index contributed by atoms with van der Waals surface area (Å²) in [4.78, 5) is 14.3. The number of hydrogen-bond donors (Lipinski definition) is 1.